The summed E-state index contributed by atoms with van der Waals surface area (Å²) >= 11 is 7.98. The molecule has 0 fully saturated rings. The fraction of sp³-hybridized carbons (Fsp3) is 0.250. The molecule has 1 aliphatic rings. The molecule has 2 aromatic rings. The smallest absolute Gasteiger partial charge is 0.0431 e. The van der Waals surface area contributed by atoms with Gasteiger partial charge in [-0.25, -0.2) is 0 Å². The Kier molecular flexibility index (Phi) is 3.83. The van der Waals surface area contributed by atoms with Gasteiger partial charge in [-0.1, -0.05) is 41.9 Å². The zero-order valence-corrected chi connectivity index (χ0v) is 12.3. The van der Waals surface area contributed by atoms with E-state index in [0.717, 1.165) is 10.8 Å². The summed E-state index contributed by atoms with van der Waals surface area (Å²) in [6.45, 7) is 2.19. The quantitative estimate of drug-likeness (QED) is 0.868. The molecule has 1 heterocycles. The van der Waals surface area contributed by atoms with Crippen LogP contribution in [0.2, 0.25) is 5.02 Å². The Balaban J connectivity index is 1.76. The molecule has 0 radical (unpaired) electrons. The second-order valence-electron chi connectivity index (χ2n) is 4.84. The van der Waals surface area contributed by atoms with Crippen molar-refractivity contribution in [2.24, 2.45) is 0 Å². The van der Waals surface area contributed by atoms with Crippen LogP contribution in [0.15, 0.2) is 53.4 Å². The van der Waals surface area contributed by atoms with Crippen LogP contribution < -0.4 is 5.32 Å². The molecule has 1 nitrogen and oxygen atoms in total. The van der Waals surface area contributed by atoms with Gasteiger partial charge in [-0.05, 0) is 36.2 Å². The van der Waals surface area contributed by atoms with E-state index in [1.54, 1.807) is 0 Å². The fourth-order valence-electron chi connectivity index (χ4n) is 2.47. The number of thioether (sulfide) groups is 1. The topological polar surface area (TPSA) is 12.0 Å². The van der Waals surface area contributed by atoms with Crippen molar-refractivity contribution in [3.63, 3.8) is 0 Å². The Bertz CT molecular complexity index is 584. The zero-order valence-electron chi connectivity index (χ0n) is 10.8. The standard InChI is InChI=1S/C16H16ClNS/c1-11(12-5-4-6-13(17)9-12)18-15-10-19-16-8-3-2-7-14(15)16/h2-9,11,15,18H,10H2,1H3. The van der Waals surface area contributed by atoms with Gasteiger partial charge in [-0.2, -0.15) is 0 Å². The first-order valence-corrected chi connectivity index (χ1v) is 7.83. The Morgan fingerprint density at radius 2 is 2.05 bits per heavy atom. The lowest BCUT2D eigenvalue weighted by atomic mass is 10.0. The van der Waals surface area contributed by atoms with E-state index in [4.69, 9.17) is 11.6 Å². The highest BCUT2D eigenvalue weighted by atomic mass is 35.5. The number of hydrogen-bond donors (Lipinski definition) is 1. The van der Waals surface area contributed by atoms with Crippen LogP contribution in [0.3, 0.4) is 0 Å². The lowest BCUT2D eigenvalue weighted by Gasteiger charge is -2.20. The number of hydrogen-bond acceptors (Lipinski definition) is 2. The van der Waals surface area contributed by atoms with Crippen molar-refractivity contribution in [1.29, 1.82) is 0 Å². The third-order valence-electron chi connectivity index (χ3n) is 3.50. The van der Waals surface area contributed by atoms with Gasteiger partial charge in [-0.15, -0.1) is 11.8 Å². The predicted molar refractivity (Wildman–Crippen MR) is 82.9 cm³/mol. The highest BCUT2D eigenvalue weighted by Gasteiger charge is 2.24. The predicted octanol–water partition coefficient (Wildman–Crippen LogP) is 4.84. The molecule has 0 amide bonds. The van der Waals surface area contributed by atoms with Crippen LogP contribution in [0.4, 0.5) is 0 Å². The van der Waals surface area contributed by atoms with Crippen LogP contribution in [0, 0.1) is 0 Å². The van der Waals surface area contributed by atoms with Gasteiger partial charge in [0, 0.05) is 27.8 Å². The third-order valence-corrected chi connectivity index (χ3v) is 4.92. The van der Waals surface area contributed by atoms with E-state index in [9.17, 15) is 0 Å². The number of benzene rings is 2. The van der Waals surface area contributed by atoms with Gasteiger partial charge >= 0.3 is 0 Å². The molecule has 0 aliphatic carbocycles. The minimum absolute atomic E-state index is 0.301. The molecule has 3 rings (SSSR count). The summed E-state index contributed by atoms with van der Waals surface area (Å²) in [6, 6.07) is 17.4. The second-order valence-corrected chi connectivity index (χ2v) is 6.34. The van der Waals surface area contributed by atoms with E-state index in [-0.39, 0.29) is 0 Å². The average Bonchev–Trinajstić information content (AvgIpc) is 2.82. The first-order valence-electron chi connectivity index (χ1n) is 6.47. The number of nitrogens with one attached hydrogen (secondary N) is 1. The first kappa shape index (κ1) is 13.0. The van der Waals surface area contributed by atoms with Gasteiger partial charge < -0.3 is 5.32 Å². The first-order chi connectivity index (χ1) is 9.24. The molecule has 1 aliphatic heterocycles. The maximum atomic E-state index is 6.05. The molecule has 0 bridgehead atoms. The molecule has 0 saturated carbocycles. The molecule has 19 heavy (non-hydrogen) atoms. The maximum absolute atomic E-state index is 6.05. The monoisotopic (exact) mass is 289 g/mol. The highest BCUT2D eigenvalue weighted by Crippen LogP contribution is 2.38. The van der Waals surface area contributed by atoms with Crippen molar-refractivity contribution in [3.05, 3.63) is 64.7 Å². The fourth-order valence-corrected chi connectivity index (χ4v) is 3.85. The van der Waals surface area contributed by atoms with Gasteiger partial charge in [0.05, 0.1) is 0 Å². The van der Waals surface area contributed by atoms with E-state index in [1.807, 2.05) is 30.0 Å². The van der Waals surface area contributed by atoms with Crippen LogP contribution in [0.25, 0.3) is 0 Å². The Hall–Kier alpha value is -0.960. The SMILES string of the molecule is CC(NC1CSc2ccccc21)c1cccc(Cl)c1. The summed E-state index contributed by atoms with van der Waals surface area (Å²) in [5, 5.41) is 4.50. The molecule has 3 heteroatoms. The molecule has 2 unspecified atom stereocenters. The summed E-state index contributed by atoms with van der Waals surface area (Å²) in [5.41, 5.74) is 2.66. The molecule has 0 spiro atoms. The van der Waals surface area contributed by atoms with E-state index in [0.29, 0.717) is 12.1 Å². The minimum atomic E-state index is 0.301. The summed E-state index contributed by atoms with van der Waals surface area (Å²) in [5.74, 6) is 1.10. The van der Waals surface area contributed by atoms with Crippen molar-refractivity contribution in [2.75, 3.05) is 5.75 Å². The van der Waals surface area contributed by atoms with Gasteiger partial charge in [0.25, 0.3) is 0 Å². The second kappa shape index (κ2) is 5.58. The highest BCUT2D eigenvalue weighted by molar-refractivity contribution is 7.99. The molecular weight excluding hydrogens is 274 g/mol. The molecule has 0 saturated heterocycles. The van der Waals surface area contributed by atoms with E-state index < -0.39 is 0 Å². The Labute approximate surface area is 123 Å². The molecule has 0 aromatic heterocycles. The third kappa shape index (κ3) is 2.81. The van der Waals surface area contributed by atoms with E-state index in [1.165, 1.54) is 16.0 Å². The van der Waals surface area contributed by atoms with Crippen molar-refractivity contribution >= 4 is 23.4 Å². The average molecular weight is 290 g/mol. The lowest BCUT2D eigenvalue weighted by Crippen LogP contribution is -2.24. The minimum Gasteiger partial charge on any atom is -0.303 e. The Morgan fingerprint density at radius 3 is 2.89 bits per heavy atom. The van der Waals surface area contributed by atoms with Crippen molar-refractivity contribution in [3.8, 4) is 0 Å². The molecule has 1 N–H and O–H groups in total. The van der Waals surface area contributed by atoms with Gasteiger partial charge in [-0.3, -0.25) is 0 Å². The zero-order chi connectivity index (χ0) is 13.2. The summed E-state index contributed by atoms with van der Waals surface area (Å²) < 4.78 is 0. The normalized spacial score (nSPS) is 19.2. The maximum Gasteiger partial charge on any atom is 0.0431 e. The van der Waals surface area contributed by atoms with Crippen LogP contribution >= 0.6 is 23.4 Å². The summed E-state index contributed by atoms with van der Waals surface area (Å²) in [6.07, 6.45) is 0. The molecular formula is C16H16ClNS. The van der Waals surface area contributed by atoms with Gasteiger partial charge in [0.15, 0.2) is 0 Å². The van der Waals surface area contributed by atoms with E-state index >= 15 is 0 Å². The van der Waals surface area contributed by atoms with Crippen LogP contribution in [0.1, 0.15) is 30.1 Å². The van der Waals surface area contributed by atoms with Crippen LogP contribution in [-0.4, -0.2) is 5.75 Å². The molecule has 2 atom stereocenters. The largest absolute Gasteiger partial charge is 0.303 e. The van der Waals surface area contributed by atoms with Crippen molar-refractivity contribution in [2.45, 2.75) is 23.9 Å². The molecule has 98 valence electrons. The summed E-state index contributed by atoms with van der Waals surface area (Å²) in [7, 11) is 0. The van der Waals surface area contributed by atoms with E-state index in [2.05, 4.69) is 42.6 Å². The van der Waals surface area contributed by atoms with Crippen molar-refractivity contribution < 1.29 is 0 Å². The lowest BCUT2D eigenvalue weighted by molar-refractivity contribution is 0.501. The summed E-state index contributed by atoms with van der Waals surface area (Å²) in [4.78, 5) is 1.40. The number of halogens is 1. The van der Waals surface area contributed by atoms with Crippen LogP contribution in [-0.2, 0) is 0 Å². The Morgan fingerprint density at radius 1 is 1.21 bits per heavy atom. The van der Waals surface area contributed by atoms with Crippen molar-refractivity contribution in [1.82, 2.24) is 5.32 Å². The van der Waals surface area contributed by atoms with Crippen LogP contribution in [0.5, 0.6) is 0 Å². The number of rotatable bonds is 3. The van der Waals surface area contributed by atoms with Gasteiger partial charge in [0.2, 0.25) is 0 Å². The molecule has 2 aromatic carbocycles. The van der Waals surface area contributed by atoms with Gasteiger partial charge in [0.1, 0.15) is 0 Å². The number of fused-ring (bicyclic) bond motifs is 1.